The first-order valence-electron chi connectivity index (χ1n) is 8.69. The molecule has 1 N–H and O–H groups in total. The Balaban J connectivity index is 2.02. The zero-order chi connectivity index (χ0) is 19.8. The topological polar surface area (TPSA) is 88.9 Å². The van der Waals surface area contributed by atoms with Crippen molar-refractivity contribution in [1.29, 1.82) is 0 Å². The van der Waals surface area contributed by atoms with Crippen molar-refractivity contribution in [3.8, 4) is 0 Å². The standard InChI is InChI=1S/C20H24N2O5/c1-14(2)27-19(24)12-16(15-8-5-4-6-9-15)21-18(23)13-22(3)20(25)17-10-7-11-26-17/h4-11,14,16H,12-13H2,1-3H3,(H,21,23). The predicted molar refractivity (Wildman–Crippen MR) is 98.8 cm³/mol. The van der Waals surface area contributed by atoms with Crippen LogP contribution >= 0.6 is 0 Å². The van der Waals surface area contributed by atoms with Crippen molar-refractivity contribution in [3.05, 3.63) is 60.1 Å². The van der Waals surface area contributed by atoms with E-state index in [1.165, 1.54) is 24.3 Å². The highest BCUT2D eigenvalue weighted by molar-refractivity contribution is 5.94. The maximum atomic E-state index is 12.4. The van der Waals surface area contributed by atoms with Crippen molar-refractivity contribution in [1.82, 2.24) is 10.2 Å². The van der Waals surface area contributed by atoms with Crippen LogP contribution < -0.4 is 5.32 Å². The van der Waals surface area contributed by atoms with Crippen molar-refractivity contribution >= 4 is 17.8 Å². The molecule has 0 saturated carbocycles. The quantitative estimate of drug-likeness (QED) is 0.720. The number of nitrogens with zero attached hydrogens (tertiary/aromatic N) is 1. The Morgan fingerprint density at radius 3 is 2.41 bits per heavy atom. The van der Waals surface area contributed by atoms with Crippen molar-refractivity contribution in [2.75, 3.05) is 13.6 Å². The summed E-state index contributed by atoms with van der Waals surface area (Å²) in [7, 11) is 1.51. The molecule has 0 aliphatic heterocycles. The van der Waals surface area contributed by atoms with Gasteiger partial charge in [0.2, 0.25) is 5.91 Å². The van der Waals surface area contributed by atoms with Crippen LogP contribution in [-0.4, -0.2) is 42.4 Å². The van der Waals surface area contributed by atoms with Crippen LogP contribution in [0.25, 0.3) is 0 Å². The molecule has 1 atom stereocenters. The molecule has 7 nitrogen and oxygen atoms in total. The molecule has 1 heterocycles. The minimum Gasteiger partial charge on any atom is -0.463 e. The molecule has 1 aromatic carbocycles. The Hall–Kier alpha value is -3.09. The lowest BCUT2D eigenvalue weighted by Gasteiger charge is -2.21. The summed E-state index contributed by atoms with van der Waals surface area (Å²) in [6.07, 6.45) is 1.16. The third kappa shape index (κ3) is 6.29. The third-order valence-electron chi connectivity index (χ3n) is 3.73. The number of amides is 2. The highest BCUT2D eigenvalue weighted by Gasteiger charge is 2.22. The van der Waals surface area contributed by atoms with E-state index in [0.717, 1.165) is 5.56 Å². The molecule has 2 rings (SSSR count). The van der Waals surface area contributed by atoms with E-state index in [4.69, 9.17) is 9.15 Å². The maximum absolute atomic E-state index is 12.4. The Labute approximate surface area is 158 Å². The van der Waals surface area contributed by atoms with E-state index in [2.05, 4.69) is 5.32 Å². The molecule has 27 heavy (non-hydrogen) atoms. The Kier molecular flexibility index (Phi) is 7.16. The monoisotopic (exact) mass is 372 g/mol. The summed E-state index contributed by atoms with van der Waals surface area (Å²) in [6.45, 7) is 3.37. The highest BCUT2D eigenvalue weighted by Crippen LogP contribution is 2.18. The van der Waals surface area contributed by atoms with Crippen LogP contribution in [0.1, 0.15) is 42.4 Å². The average molecular weight is 372 g/mol. The van der Waals surface area contributed by atoms with Crippen LogP contribution in [-0.2, 0) is 14.3 Å². The van der Waals surface area contributed by atoms with Gasteiger partial charge in [0.15, 0.2) is 5.76 Å². The number of ether oxygens (including phenoxy) is 1. The van der Waals surface area contributed by atoms with Crippen LogP contribution in [0, 0.1) is 0 Å². The Morgan fingerprint density at radius 1 is 1.11 bits per heavy atom. The summed E-state index contributed by atoms with van der Waals surface area (Å²) in [5.74, 6) is -1.03. The van der Waals surface area contributed by atoms with E-state index < -0.39 is 17.9 Å². The molecule has 0 aliphatic rings. The number of nitrogens with one attached hydrogen (secondary N) is 1. The van der Waals surface area contributed by atoms with Gasteiger partial charge in [-0.1, -0.05) is 30.3 Å². The summed E-state index contributed by atoms with van der Waals surface area (Å²) in [5.41, 5.74) is 0.784. The molecule has 0 bridgehead atoms. The van der Waals surface area contributed by atoms with Gasteiger partial charge in [-0.3, -0.25) is 14.4 Å². The number of hydrogen-bond acceptors (Lipinski definition) is 5. The second-order valence-electron chi connectivity index (χ2n) is 6.41. The smallest absolute Gasteiger partial charge is 0.308 e. The van der Waals surface area contributed by atoms with Gasteiger partial charge in [-0.25, -0.2) is 0 Å². The number of carbonyl (C=O) groups is 3. The Morgan fingerprint density at radius 2 is 1.81 bits per heavy atom. The summed E-state index contributed by atoms with van der Waals surface area (Å²) >= 11 is 0. The van der Waals surface area contributed by atoms with E-state index in [-0.39, 0.29) is 30.7 Å². The molecule has 0 fully saturated rings. The van der Waals surface area contributed by atoms with Crippen molar-refractivity contribution in [2.45, 2.75) is 32.4 Å². The number of hydrogen-bond donors (Lipinski definition) is 1. The number of benzene rings is 1. The lowest BCUT2D eigenvalue weighted by molar-refractivity contribution is -0.148. The number of furan rings is 1. The summed E-state index contributed by atoms with van der Waals surface area (Å²) < 4.78 is 10.2. The first kappa shape index (κ1) is 20.2. The van der Waals surface area contributed by atoms with Crippen LogP contribution in [0.4, 0.5) is 0 Å². The van der Waals surface area contributed by atoms with Crippen LogP contribution in [0.15, 0.2) is 53.1 Å². The van der Waals surface area contributed by atoms with Gasteiger partial charge in [0.05, 0.1) is 31.4 Å². The zero-order valence-corrected chi connectivity index (χ0v) is 15.7. The van der Waals surface area contributed by atoms with E-state index in [1.807, 2.05) is 30.3 Å². The number of rotatable bonds is 8. The van der Waals surface area contributed by atoms with Crippen LogP contribution in [0.2, 0.25) is 0 Å². The minimum absolute atomic E-state index is 0.00375. The molecule has 2 aromatic rings. The molecule has 0 aliphatic carbocycles. The third-order valence-corrected chi connectivity index (χ3v) is 3.73. The normalized spacial score (nSPS) is 11.7. The van der Waals surface area contributed by atoms with Gasteiger partial charge in [0.1, 0.15) is 0 Å². The fourth-order valence-corrected chi connectivity index (χ4v) is 2.53. The molecule has 2 amide bonds. The molecule has 1 aromatic heterocycles. The van der Waals surface area contributed by atoms with Crippen LogP contribution in [0.3, 0.4) is 0 Å². The number of esters is 1. The van der Waals surface area contributed by atoms with Crippen molar-refractivity contribution in [2.24, 2.45) is 0 Å². The van der Waals surface area contributed by atoms with Gasteiger partial charge in [-0.2, -0.15) is 0 Å². The Bertz CT molecular complexity index is 756. The molecule has 0 radical (unpaired) electrons. The van der Waals surface area contributed by atoms with E-state index in [9.17, 15) is 14.4 Å². The number of carbonyl (C=O) groups excluding carboxylic acids is 3. The summed E-state index contributed by atoms with van der Waals surface area (Å²) in [5, 5.41) is 2.80. The zero-order valence-electron chi connectivity index (χ0n) is 15.7. The maximum Gasteiger partial charge on any atom is 0.308 e. The minimum atomic E-state index is -0.544. The van der Waals surface area contributed by atoms with Gasteiger partial charge in [0, 0.05) is 7.05 Å². The van der Waals surface area contributed by atoms with Crippen molar-refractivity contribution < 1.29 is 23.5 Å². The van der Waals surface area contributed by atoms with E-state index >= 15 is 0 Å². The van der Waals surface area contributed by atoms with E-state index in [1.54, 1.807) is 19.9 Å². The largest absolute Gasteiger partial charge is 0.463 e. The summed E-state index contributed by atoms with van der Waals surface area (Å²) in [6, 6.07) is 11.8. The molecule has 7 heteroatoms. The molecule has 144 valence electrons. The molecule has 1 unspecified atom stereocenters. The second kappa shape index (κ2) is 9.56. The lowest BCUT2D eigenvalue weighted by Crippen LogP contribution is -2.40. The van der Waals surface area contributed by atoms with Crippen LogP contribution in [0.5, 0.6) is 0 Å². The van der Waals surface area contributed by atoms with Gasteiger partial charge < -0.3 is 19.4 Å². The van der Waals surface area contributed by atoms with Crippen molar-refractivity contribution in [3.63, 3.8) is 0 Å². The SMILES string of the molecule is CC(C)OC(=O)CC(NC(=O)CN(C)C(=O)c1ccco1)c1ccccc1. The first-order valence-corrected chi connectivity index (χ1v) is 8.69. The predicted octanol–water partition coefficient (Wildman–Crippen LogP) is 2.55. The fourth-order valence-electron chi connectivity index (χ4n) is 2.53. The van der Waals surface area contributed by atoms with Gasteiger partial charge >= 0.3 is 5.97 Å². The molecule has 0 saturated heterocycles. The van der Waals surface area contributed by atoms with Gasteiger partial charge in [-0.15, -0.1) is 0 Å². The lowest BCUT2D eigenvalue weighted by atomic mass is 10.0. The van der Waals surface area contributed by atoms with Gasteiger partial charge in [0.25, 0.3) is 5.91 Å². The average Bonchev–Trinajstić information content (AvgIpc) is 3.15. The van der Waals surface area contributed by atoms with E-state index in [0.29, 0.717) is 0 Å². The second-order valence-corrected chi connectivity index (χ2v) is 6.41. The first-order chi connectivity index (χ1) is 12.9. The molecular weight excluding hydrogens is 348 g/mol. The molecule has 0 spiro atoms. The summed E-state index contributed by atoms with van der Waals surface area (Å²) in [4.78, 5) is 37.9. The molecular formula is C20H24N2O5. The number of likely N-dealkylation sites (N-methyl/N-ethyl adjacent to an activating group) is 1. The fraction of sp³-hybridized carbons (Fsp3) is 0.350. The van der Waals surface area contributed by atoms with Gasteiger partial charge in [-0.05, 0) is 31.5 Å². The highest BCUT2D eigenvalue weighted by atomic mass is 16.5.